The zero-order valence-corrected chi connectivity index (χ0v) is 10.8. The zero-order chi connectivity index (χ0) is 12.7. The molecule has 0 aromatic heterocycles. The summed E-state index contributed by atoms with van der Waals surface area (Å²) in [6.07, 6.45) is 3.11. The van der Waals surface area contributed by atoms with Crippen LogP contribution >= 0.6 is 0 Å². The lowest BCUT2D eigenvalue weighted by molar-refractivity contribution is -0.118. The summed E-state index contributed by atoms with van der Waals surface area (Å²) in [5, 5.41) is 0. The van der Waals surface area contributed by atoms with E-state index >= 15 is 0 Å². The molecule has 3 nitrogen and oxygen atoms in total. The number of unbranched alkanes of at least 4 members (excludes halogenated alkanes) is 1. The van der Waals surface area contributed by atoms with Crippen LogP contribution in [0.3, 0.4) is 0 Å². The molecule has 0 aliphatic heterocycles. The fraction of sp³-hybridized carbons (Fsp3) is 0.500. The van der Waals surface area contributed by atoms with Crippen LogP contribution in [0.5, 0.6) is 11.5 Å². The molecule has 0 spiro atoms. The minimum atomic E-state index is 0.266. The quantitative estimate of drug-likeness (QED) is 0.730. The van der Waals surface area contributed by atoms with Crippen LogP contribution in [0.4, 0.5) is 0 Å². The van der Waals surface area contributed by atoms with Gasteiger partial charge in [-0.3, -0.25) is 4.79 Å². The van der Waals surface area contributed by atoms with Crippen LogP contribution in [-0.4, -0.2) is 20.0 Å². The molecule has 0 amide bonds. The predicted octanol–water partition coefficient (Wildman–Crippen LogP) is 3.01. The second-order valence-corrected chi connectivity index (χ2v) is 4.04. The van der Waals surface area contributed by atoms with Crippen LogP contribution in [0.2, 0.25) is 0 Å². The third-order valence-corrected chi connectivity index (χ3v) is 2.62. The molecule has 0 unspecified atom stereocenters. The number of carbonyl (C=O) groups excluding carboxylic acids is 1. The average molecular weight is 236 g/mol. The standard InChI is InChI=1S/C14H20O3/c1-4-5-6-12(15)7-11-8-13(16-2)10-14(9-11)17-3/h8-10H,4-7H2,1-3H3. The summed E-state index contributed by atoms with van der Waals surface area (Å²) < 4.78 is 10.3. The summed E-state index contributed by atoms with van der Waals surface area (Å²) >= 11 is 0. The second kappa shape index (κ2) is 6.94. The Labute approximate surface area is 103 Å². The van der Waals surface area contributed by atoms with Crippen molar-refractivity contribution in [3.05, 3.63) is 23.8 Å². The molecule has 0 bridgehead atoms. The van der Waals surface area contributed by atoms with Crippen molar-refractivity contribution in [1.29, 1.82) is 0 Å². The van der Waals surface area contributed by atoms with E-state index < -0.39 is 0 Å². The van der Waals surface area contributed by atoms with Gasteiger partial charge in [-0.1, -0.05) is 13.3 Å². The normalized spacial score (nSPS) is 10.1. The van der Waals surface area contributed by atoms with Gasteiger partial charge < -0.3 is 9.47 Å². The van der Waals surface area contributed by atoms with Crippen molar-refractivity contribution < 1.29 is 14.3 Å². The lowest BCUT2D eigenvalue weighted by atomic mass is 10.0. The van der Waals surface area contributed by atoms with Crippen LogP contribution in [0.1, 0.15) is 31.7 Å². The molecule has 3 heteroatoms. The fourth-order valence-corrected chi connectivity index (χ4v) is 1.66. The number of carbonyl (C=O) groups is 1. The SMILES string of the molecule is CCCCC(=O)Cc1cc(OC)cc(OC)c1. The van der Waals surface area contributed by atoms with Crippen molar-refractivity contribution in [2.75, 3.05) is 14.2 Å². The molecule has 0 aliphatic rings. The molecule has 1 aromatic rings. The Morgan fingerprint density at radius 1 is 1.12 bits per heavy atom. The zero-order valence-electron chi connectivity index (χ0n) is 10.8. The van der Waals surface area contributed by atoms with Crippen molar-refractivity contribution in [3.8, 4) is 11.5 Å². The van der Waals surface area contributed by atoms with Gasteiger partial charge in [0.2, 0.25) is 0 Å². The van der Waals surface area contributed by atoms with E-state index in [1.807, 2.05) is 12.1 Å². The number of ether oxygens (including phenoxy) is 2. The molecular formula is C14H20O3. The van der Waals surface area contributed by atoms with E-state index in [0.717, 1.165) is 29.9 Å². The van der Waals surface area contributed by atoms with Crippen molar-refractivity contribution in [1.82, 2.24) is 0 Å². The van der Waals surface area contributed by atoms with E-state index in [2.05, 4.69) is 6.92 Å². The highest BCUT2D eigenvalue weighted by molar-refractivity contribution is 5.81. The van der Waals surface area contributed by atoms with E-state index in [4.69, 9.17) is 9.47 Å². The first-order valence-corrected chi connectivity index (χ1v) is 5.93. The Hall–Kier alpha value is -1.51. The van der Waals surface area contributed by atoms with Gasteiger partial charge in [0, 0.05) is 18.9 Å². The number of hydrogen-bond donors (Lipinski definition) is 0. The highest BCUT2D eigenvalue weighted by Crippen LogP contribution is 2.23. The van der Waals surface area contributed by atoms with E-state index in [1.165, 1.54) is 0 Å². The smallest absolute Gasteiger partial charge is 0.137 e. The van der Waals surface area contributed by atoms with E-state index in [-0.39, 0.29) is 5.78 Å². The highest BCUT2D eigenvalue weighted by Gasteiger charge is 2.06. The summed E-state index contributed by atoms with van der Waals surface area (Å²) in [4.78, 5) is 11.7. The number of Topliss-reactive ketones (excluding diaryl/α,β-unsaturated/α-hetero) is 1. The summed E-state index contributed by atoms with van der Waals surface area (Å²) in [7, 11) is 3.22. The summed E-state index contributed by atoms with van der Waals surface area (Å²) in [6.45, 7) is 2.09. The molecule has 0 fully saturated rings. The van der Waals surface area contributed by atoms with E-state index in [9.17, 15) is 4.79 Å². The predicted molar refractivity (Wildman–Crippen MR) is 67.8 cm³/mol. The van der Waals surface area contributed by atoms with Gasteiger partial charge in [0.25, 0.3) is 0 Å². The Kier molecular flexibility index (Phi) is 5.53. The number of methoxy groups -OCH3 is 2. The van der Waals surface area contributed by atoms with Gasteiger partial charge in [-0.25, -0.2) is 0 Å². The van der Waals surface area contributed by atoms with Gasteiger partial charge in [-0.2, -0.15) is 0 Å². The van der Waals surface area contributed by atoms with Gasteiger partial charge in [0.05, 0.1) is 14.2 Å². The van der Waals surface area contributed by atoms with Gasteiger partial charge in [-0.15, -0.1) is 0 Å². The molecule has 0 saturated heterocycles. The summed E-state index contributed by atoms with van der Waals surface area (Å²) in [5.74, 6) is 1.72. The molecule has 0 aliphatic carbocycles. The molecule has 0 saturated carbocycles. The first kappa shape index (κ1) is 13.6. The molecule has 94 valence electrons. The Balaban J connectivity index is 2.72. The van der Waals surface area contributed by atoms with Gasteiger partial charge in [-0.05, 0) is 24.1 Å². The maximum absolute atomic E-state index is 11.7. The summed E-state index contributed by atoms with van der Waals surface area (Å²) in [6, 6.07) is 5.57. The monoisotopic (exact) mass is 236 g/mol. The number of hydrogen-bond acceptors (Lipinski definition) is 3. The molecule has 1 aromatic carbocycles. The molecule has 0 atom stereocenters. The van der Waals surface area contributed by atoms with Crippen LogP contribution in [0, 0.1) is 0 Å². The van der Waals surface area contributed by atoms with Crippen LogP contribution in [0.15, 0.2) is 18.2 Å². The molecular weight excluding hydrogens is 216 g/mol. The summed E-state index contributed by atoms with van der Waals surface area (Å²) in [5.41, 5.74) is 0.947. The number of ketones is 1. The average Bonchev–Trinajstić information content (AvgIpc) is 2.35. The third-order valence-electron chi connectivity index (χ3n) is 2.62. The first-order valence-electron chi connectivity index (χ1n) is 5.93. The molecule has 0 radical (unpaired) electrons. The lowest BCUT2D eigenvalue weighted by Gasteiger charge is -2.08. The Bertz CT molecular complexity index is 349. The van der Waals surface area contributed by atoms with Crippen molar-refractivity contribution >= 4 is 5.78 Å². The molecule has 0 N–H and O–H groups in total. The Morgan fingerprint density at radius 3 is 2.18 bits per heavy atom. The highest BCUT2D eigenvalue weighted by atomic mass is 16.5. The van der Waals surface area contributed by atoms with Crippen molar-refractivity contribution in [2.45, 2.75) is 32.6 Å². The maximum atomic E-state index is 11.7. The number of rotatable bonds is 7. The van der Waals surface area contributed by atoms with Gasteiger partial charge >= 0.3 is 0 Å². The van der Waals surface area contributed by atoms with Crippen LogP contribution in [0.25, 0.3) is 0 Å². The fourth-order valence-electron chi connectivity index (χ4n) is 1.66. The number of benzene rings is 1. The van der Waals surface area contributed by atoms with E-state index in [0.29, 0.717) is 12.8 Å². The van der Waals surface area contributed by atoms with Crippen molar-refractivity contribution in [2.24, 2.45) is 0 Å². The minimum absolute atomic E-state index is 0.266. The maximum Gasteiger partial charge on any atom is 0.137 e. The molecule has 17 heavy (non-hydrogen) atoms. The lowest BCUT2D eigenvalue weighted by Crippen LogP contribution is -2.03. The Morgan fingerprint density at radius 2 is 1.71 bits per heavy atom. The van der Waals surface area contributed by atoms with Crippen molar-refractivity contribution in [3.63, 3.8) is 0 Å². The molecule has 0 heterocycles. The second-order valence-electron chi connectivity index (χ2n) is 4.04. The van der Waals surface area contributed by atoms with Gasteiger partial charge in [0.1, 0.15) is 17.3 Å². The minimum Gasteiger partial charge on any atom is -0.497 e. The van der Waals surface area contributed by atoms with Crippen LogP contribution in [-0.2, 0) is 11.2 Å². The van der Waals surface area contributed by atoms with Crippen LogP contribution < -0.4 is 9.47 Å². The third kappa shape index (κ3) is 4.47. The van der Waals surface area contributed by atoms with E-state index in [1.54, 1.807) is 20.3 Å². The molecule has 1 rings (SSSR count). The largest absolute Gasteiger partial charge is 0.497 e. The first-order chi connectivity index (χ1) is 8.19. The van der Waals surface area contributed by atoms with Gasteiger partial charge in [0.15, 0.2) is 0 Å². The topological polar surface area (TPSA) is 35.5 Å².